The molecule has 27 heavy (non-hydrogen) atoms. The molecule has 0 aliphatic rings. The molecule has 3 aromatic carbocycles. The van der Waals surface area contributed by atoms with Crippen LogP contribution in [0.15, 0.2) is 59.5 Å². The van der Waals surface area contributed by atoms with Crippen molar-refractivity contribution < 1.29 is 31.6 Å². The molecule has 0 unspecified atom stereocenters. The molecular weight excluding hydrogens is 396 g/mol. The van der Waals surface area contributed by atoms with Crippen LogP contribution in [-0.4, -0.2) is 31.6 Å². The Bertz CT molecular complexity index is 1150. The van der Waals surface area contributed by atoms with Gasteiger partial charge in [-0.25, -0.2) is 22.0 Å². The van der Waals surface area contributed by atoms with E-state index in [1.54, 1.807) is 24.3 Å². The fourth-order valence-electron chi connectivity index (χ4n) is 2.29. The third-order valence-corrected chi connectivity index (χ3v) is 4.35. The minimum absolute atomic E-state index is 0.163. The van der Waals surface area contributed by atoms with E-state index >= 15 is 0 Å². The number of nitrogens with one attached hydrogen (secondary N) is 1. The molecule has 0 amide bonds. The molecule has 0 radical (unpaired) electrons. The van der Waals surface area contributed by atoms with E-state index in [4.69, 9.17) is 18.1 Å². The number of anilines is 2. The van der Waals surface area contributed by atoms with Crippen molar-refractivity contribution >= 4 is 43.2 Å². The Balaban J connectivity index is 0.000000596. The molecule has 0 aliphatic heterocycles. The standard InChI is InChI=1S/C16H14N2O4S.H2O3S/c17-23(21,22)12-5-7-14(16(20)9-12)18-11-4-6-13-10(8-11)2-1-3-15(13)19;1-4(2)3/h1-9,18-20H,(H2,17,21,22);4H,(H,1,2,3). The third-order valence-electron chi connectivity index (χ3n) is 3.43. The number of sulfonamides is 1. The second-order valence-corrected chi connectivity index (χ2v) is 7.34. The predicted octanol–water partition coefficient (Wildman–Crippen LogP) is 1.71. The summed E-state index contributed by atoms with van der Waals surface area (Å²) in [5, 5.41) is 29.3. The first-order chi connectivity index (χ1) is 12.6. The number of aromatic hydroxyl groups is 2. The number of phenols is 2. The van der Waals surface area contributed by atoms with Crippen molar-refractivity contribution in [2.45, 2.75) is 4.90 Å². The zero-order chi connectivity index (χ0) is 20.2. The van der Waals surface area contributed by atoms with Crippen molar-refractivity contribution in [3.8, 4) is 11.5 Å². The van der Waals surface area contributed by atoms with Gasteiger partial charge in [0.05, 0.1) is 10.6 Å². The van der Waals surface area contributed by atoms with Crippen molar-refractivity contribution in [3.63, 3.8) is 0 Å². The largest absolute Gasteiger partial charge is 0.507 e. The van der Waals surface area contributed by atoms with E-state index in [2.05, 4.69) is 5.32 Å². The van der Waals surface area contributed by atoms with E-state index in [9.17, 15) is 18.6 Å². The Hall–Kier alpha value is -2.86. The zero-order valence-electron chi connectivity index (χ0n) is 13.6. The smallest absolute Gasteiger partial charge is 0.254 e. The molecule has 0 saturated carbocycles. The van der Waals surface area contributed by atoms with E-state index in [-0.39, 0.29) is 16.4 Å². The maximum atomic E-state index is 11.3. The van der Waals surface area contributed by atoms with Crippen LogP contribution in [-0.2, 0) is 21.0 Å². The van der Waals surface area contributed by atoms with E-state index in [0.717, 1.165) is 11.5 Å². The molecule has 0 aromatic heterocycles. The van der Waals surface area contributed by atoms with Gasteiger partial charge >= 0.3 is 0 Å². The number of hydrogen-bond acceptors (Lipinski definition) is 7. The van der Waals surface area contributed by atoms with Crippen molar-refractivity contribution in [1.29, 1.82) is 0 Å². The molecule has 3 aromatic rings. The normalized spacial score (nSPS) is 11.1. The van der Waals surface area contributed by atoms with Gasteiger partial charge in [0.25, 0.3) is 11.0 Å². The van der Waals surface area contributed by atoms with Gasteiger partial charge in [-0.15, -0.1) is 0 Å². The summed E-state index contributed by atoms with van der Waals surface area (Å²) < 4.78 is 46.7. The lowest BCUT2D eigenvalue weighted by molar-refractivity contribution is 0.475. The van der Waals surface area contributed by atoms with Gasteiger partial charge in [-0.05, 0) is 41.8 Å². The quantitative estimate of drug-likeness (QED) is 0.215. The highest BCUT2D eigenvalue weighted by atomic mass is 32.2. The summed E-state index contributed by atoms with van der Waals surface area (Å²) in [7, 11) is -6.98. The Morgan fingerprint density at radius 1 is 0.926 bits per heavy atom. The van der Waals surface area contributed by atoms with Crippen molar-refractivity contribution in [2.24, 2.45) is 5.14 Å². The summed E-state index contributed by atoms with van der Waals surface area (Å²) in [5.74, 6) is -0.0399. The summed E-state index contributed by atoms with van der Waals surface area (Å²) in [6.45, 7) is 0. The van der Waals surface area contributed by atoms with E-state index in [1.807, 2.05) is 12.1 Å². The van der Waals surface area contributed by atoms with Gasteiger partial charge < -0.3 is 15.5 Å². The second-order valence-electron chi connectivity index (χ2n) is 5.30. The van der Waals surface area contributed by atoms with Crippen LogP contribution in [0.1, 0.15) is 0 Å². The highest BCUT2D eigenvalue weighted by Crippen LogP contribution is 2.31. The van der Waals surface area contributed by atoms with Crippen molar-refractivity contribution in [3.05, 3.63) is 54.6 Å². The van der Waals surface area contributed by atoms with Crippen molar-refractivity contribution in [2.75, 3.05) is 5.32 Å². The number of benzene rings is 3. The van der Waals surface area contributed by atoms with Gasteiger partial charge in [0.15, 0.2) is 0 Å². The van der Waals surface area contributed by atoms with E-state index in [0.29, 0.717) is 16.8 Å². The van der Waals surface area contributed by atoms with Gasteiger partial charge in [0.2, 0.25) is 10.0 Å². The Labute approximate surface area is 156 Å². The number of rotatable bonds is 3. The van der Waals surface area contributed by atoms with Crippen LogP contribution in [0.25, 0.3) is 10.8 Å². The lowest BCUT2D eigenvalue weighted by Crippen LogP contribution is -2.11. The van der Waals surface area contributed by atoms with Crippen LogP contribution in [0.4, 0.5) is 11.4 Å². The van der Waals surface area contributed by atoms with Crippen LogP contribution in [0.3, 0.4) is 0 Å². The second kappa shape index (κ2) is 8.22. The molecule has 0 heterocycles. The molecule has 0 fully saturated rings. The first-order valence-electron chi connectivity index (χ1n) is 7.26. The number of primary sulfonamides is 1. The molecule has 11 heteroatoms. The number of nitrogens with two attached hydrogens (primary N) is 1. The first-order valence-corrected chi connectivity index (χ1v) is 9.93. The summed E-state index contributed by atoms with van der Waals surface area (Å²) in [6, 6.07) is 14.3. The molecule has 9 nitrogen and oxygen atoms in total. The van der Waals surface area contributed by atoms with Gasteiger partial charge in [-0.1, -0.05) is 12.1 Å². The Morgan fingerprint density at radius 2 is 1.59 bits per heavy atom. The first kappa shape index (κ1) is 20.5. The Kier molecular flexibility index (Phi) is 6.23. The highest BCUT2D eigenvalue weighted by Gasteiger charge is 2.11. The molecular formula is C16H16N2O7S2. The van der Waals surface area contributed by atoms with Crippen LogP contribution >= 0.6 is 0 Å². The van der Waals surface area contributed by atoms with Gasteiger partial charge in [-0.3, -0.25) is 4.55 Å². The fraction of sp³-hybridized carbons (Fsp3) is 0. The maximum Gasteiger partial charge on any atom is 0.254 e. The van der Waals surface area contributed by atoms with Gasteiger partial charge in [0.1, 0.15) is 11.5 Å². The zero-order valence-corrected chi connectivity index (χ0v) is 15.3. The minimum Gasteiger partial charge on any atom is -0.507 e. The lowest BCUT2D eigenvalue weighted by atomic mass is 10.1. The fourth-order valence-corrected chi connectivity index (χ4v) is 2.83. The predicted molar refractivity (Wildman–Crippen MR) is 101 cm³/mol. The van der Waals surface area contributed by atoms with Crippen molar-refractivity contribution in [1.82, 2.24) is 0 Å². The molecule has 6 N–H and O–H groups in total. The van der Waals surface area contributed by atoms with Crippen LogP contribution in [0.2, 0.25) is 0 Å². The number of hydrogen-bond donors (Lipinski definition) is 6. The molecule has 0 aliphatic carbocycles. The highest BCUT2D eigenvalue weighted by molar-refractivity contribution is 7.89. The topological polar surface area (TPSA) is 167 Å². The molecule has 0 saturated heterocycles. The van der Waals surface area contributed by atoms with E-state index < -0.39 is 21.0 Å². The third kappa shape index (κ3) is 5.56. The van der Waals surface area contributed by atoms with E-state index in [1.165, 1.54) is 12.1 Å². The maximum absolute atomic E-state index is 11.3. The van der Waals surface area contributed by atoms with Crippen LogP contribution < -0.4 is 10.5 Å². The monoisotopic (exact) mass is 412 g/mol. The van der Waals surface area contributed by atoms with Crippen LogP contribution in [0, 0.1) is 0 Å². The number of thiol groups is 1. The summed E-state index contributed by atoms with van der Waals surface area (Å²) >= 11 is 0. The number of phenolic OH excluding ortho intramolecular Hbond substituents is 2. The summed E-state index contributed by atoms with van der Waals surface area (Å²) in [6.07, 6.45) is 0. The molecule has 0 atom stereocenters. The average Bonchev–Trinajstić information content (AvgIpc) is 2.55. The molecule has 0 bridgehead atoms. The molecule has 0 spiro atoms. The summed E-state index contributed by atoms with van der Waals surface area (Å²) in [5.41, 5.74) is 1.03. The molecule has 3 rings (SSSR count). The van der Waals surface area contributed by atoms with Gasteiger partial charge in [0, 0.05) is 17.1 Å². The van der Waals surface area contributed by atoms with Crippen LogP contribution in [0.5, 0.6) is 11.5 Å². The Morgan fingerprint density at radius 3 is 2.19 bits per heavy atom. The summed E-state index contributed by atoms with van der Waals surface area (Å²) in [4.78, 5) is -0.163. The average molecular weight is 412 g/mol. The molecule has 144 valence electrons. The lowest BCUT2D eigenvalue weighted by Gasteiger charge is -2.11. The minimum atomic E-state index is -3.86. The number of fused-ring (bicyclic) bond motifs is 1. The van der Waals surface area contributed by atoms with Gasteiger partial charge in [-0.2, -0.15) is 0 Å². The SMILES string of the molecule is NS(=O)(=O)c1ccc(Nc2ccc3c(O)cccc3c2)c(O)c1.O=[SH](=O)O.